The monoisotopic (exact) mass is 564 g/mol. The van der Waals surface area contributed by atoms with E-state index in [4.69, 9.17) is 4.98 Å². The van der Waals surface area contributed by atoms with Crippen LogP contribution in [-0.2, 0) is 32.7 Å². The van der Waals surface area contributed by atoms with Crippen LogP contribution < -0.4 is 10.6 Å². The molecule has 1 aromatic carbocycles. The third-order valence-electron chi connectivity index (χ3n) is 8.35. The van der Waals surface area contributed by atoms with Crippen LogP contribution in [0.15, 0.2) is 48.9 Å². The van der Waals surface area contributed by atoms with Crippen LogP contribution in [0.25, 0.3) is 11.4 Å². The van der Waals surface area contributed by atoms with Gasteiger partial charge in [0.1, 0.15) is 0 Å². The summed E-state index contributed by atoms with van der Waals surface area (Å²) in [5, 5.41) is 11.3. The maximum atomic E-state index is 13.6. The summed E-state index contributed by atoms with van der Waals surface area (Å²) < 4.78 is 1.77. The average Bonchev–Trinajstić information content (AvgIpc) is 3.38. The molecule has 10 nitrogen and oxygen atoms in total. The highest BCUT2D eigenvalue weighted by molar-refractivity contribution is 6.06. The molecule has 0 radical (unpaired) electrons. The Morgan fingerprint density at radius 2 is 1.76 bits per heavy atom. The molecule has 0 atom stereocenters. The summed E-state index contributed by atoms with van der Waals surface area (Å²) in [6, 6.07) is 9.91. The molecule has 0 spiro atoms. The van der Waals surface area contributed by atoms with Gasteiger partial charge in [0.15, 0.2) is 5.69 Å². The molecule has 2 N–H and O–H groups in total. The molecule has 1 saturated heterocycles. The van der Waals surface area contributed by atoms with Crippen molar-refractivity contribution in [2.45, 2.75) is 58.4 Å². The quantitative estimate of drug-likeness (QED) is 0.340. The average molecular weight is 565 g/mol. The summed E-state index contributed by atoms with van der Waals surface area (Å²) in [7, 11) is 1.87. The lowest BCUT2D eigenvalue weighted by Gasteiger charge is -2.32. The zero-order valence-corrected chi connectivity index (χ0v) is 24.4. The Balaban J connectivity index is 1.18. The lowest BCUT2D eigenvalue weighted by atomic mass is 9.93. The van der Waals surface area contributed by atoms with Gasteiger partial charge in [-0.25, -0.2) is 9.97 Å². The number of carbonyl (C=O) groups excluding carboxylic acids is 2. The van der Waals surface area contributed by atoms with Gasteiger partial charge >= 0.3 is 0 Å². The third kappa shape index (κ3) is 5.24. The predicted octanol–water partition coefficient (Wildman–Crippen LogP) is 4.46. The number of pyridine rings is 1. The second-order valence-corrected chi connectivity index (χ2v) is 10.9. The van der Waals surface area contributed by atoms with Crippen molar-refractivity contribution in [1.29, 1.82) is 0 Å². The first kappa shape index (κ1) is 27.6. The Kier molecular flexibility index (Phi) is 7.69. The molecule has 1 fully saturated rings. The minimum absolute atomic E-state index is 0.0132. The van der Waals surface area contributed by atoms with Gasteiger partial charge in [-0.2, -0.15) is 5.10 Å². The lowest BCUT2D eigenvalue weighted by molar-refractivity contribution is 0.0717. The summed E-state index contributed by atoms with van der Waals surface area (Å²) in [6.45, 7) is 5.50. The Hall–Kier alpha value is -4.60. The van der Waals surface area contributed by atoms with E-state index in [1.807, 2.05) is 24.2 Å². The molecular weight excluding hydrogens is 528 g/mol. The standard InChI is InChI=1S/C32H36N8O2/c1-4-20-8-6-9-21(5-2)26(20)36-30(41)28-25-12-11-22-19-34-32(37-27(22)29(25)39(3)38-28)35-24-13-16-40(17-14-24)31(42)23-10-7-15-33-18-23/h6-10,15,18-19,24H,4-5,11-14,16-17H2,1-3H3,(H,36,41)(H,34,35,37). The Morgan fingerprint density at radius 1 is 1.00 bits per heavy atom. The second-order valence-electron chi connectivity index (χ2n) is 10.9. The summed E-state index contributed by atoms with van der Waals surface area (Å²) >= 11 is 0. The van der Waals surface area contributed by atoms with E-state index in [2.05, 4.69) is 51.7 Å². The van der Waals surface area contributed by atoms with Crippen LogP contribution >= 0.6 is 0 Å². The number of para-hydroxylation sites is 1. The molecule has 0 unspecified atom stereocenters. The molecular formula is C32H36N8O2. The number of carbonyl (C=O) groups is 2. The molecule has 10 heteroatoms. The van der Waals surface area contributed by atoms with E-state index in [1.54, 1.807) is 29.2 Å². The fourth-order valence-corrected chi connectivity index (χ4v) is 6.06. The van der Waals surface area contributed by atoms with Crippen molar-refractivity contribution < 1.29 is 9.59 Å². The molecule has 216 valence electrons. The highest BCUT2D eigenvalue weighted by atomic mass is 16.2. The van der Waals surface area contributed by atoms with Crippen LogP contribution in [-0.4, -0.2) is 60.6 Å². The number of fused-ring (bicyclic) bond motifs is 3. The van der Waals surface area contributed by atoms with Crippen LogP contribution in [0.3, 0.4) is 0 Å². The van der Waals surface area contributed by atoms with Crippen molar-refractivity contribution in [2.75, 3.05) is 23.7 Å². The number of aromatic nitrogens is 5. The predicted molar refractivity (Wildman–Crippen MR) is 162 cm³/mol. The van der Waals surface area contributed by atoms with Crippen LogP contribution in [0.5, 0.6) is 0 Å². The molecule has 2 aliphatic rings. The molecule has 4 heterocycles. The Morgan fingerprint density at radius 3 is 2.45 bits per heavy atom. The Labute approximate surface area is 245 Å². The lowest BCUT2D eigenvalue weighted by Crippen LogP contribution is -2.42. The highest BCUT2D eigenvalue weighted by Crippen LogP contribution is 2.35. The normalized spacial score (nSPS) is 14.7. The van der Waals surface area contributed by atoms with E-state index in [-0.39, 0.29) is 17.9 Å². The highest BCUT2D eigenvalue weighted by Gasteiger charge is 2.30. The number of nitrogens with zero attached hydrogens (tertiary/aromatic N) is 6. The van der Waals surface area contributed by atoms with Crippen LogP contribution in [0, 0.1) is 0 Å². The first-order valence-corrected chi connectivity index (χ1v) is 14.8. The van der Waals surface area contributed by atoms with Gasteiger partial charge in [0.2, 0.25) is 5.95 Å². The molecule has 2 amide bonds. The van der Waals surface area contributed by atoms with E-state index < -0.39 is 0 Å². The van der Waals surface area contributed by atoms with Crippen LogP contribution in [0.4, 0.5) is 11.6 Å². The fourth-order valence-electron chi connectivity index (χ4n) is 6.06. The van der Waals surface area contributed by atoms with Gasteiger partial charge in [-0.15, -0.1) is 0 Å². The van der Waals surface area contributed by atoms with Gasteiger partial charge in [-0.05, 0) is 67.3 Å². The van der Waals surface area contributed by atoms with Crippen molar-refractivity contribution in [3.05, 3.63) is 82.4 Å². The van der Waals surface area contributed by atoms with Crippen molar-refractivity contribution >= 4 is 23.5 Å². The first-order chi connectivity index (χ1) is 20.5. The first-order valence-electron chi connectivity index (χ1n) is 14.8. The molecule has 0 bridgehead atoms. The minimum atomic E-state index is -0.189. The molecule has 1 aliphatic carbocycles. The fraction of sp³-hybridized carbons (Fsp3) is 0.375. The van der Waals surface area contributed by atoms with E-state index >= 15 is 0 Å². The number of nitrogens with one attached hydrogen (secondary N) is 2. The molecule has 3 aromatic heterocycles. The molecule has 0 saturated carbocycles. The van der Waals surface area contributed by atoms with Gasteiger partial charge < -0.3 is 15.5 Å². The van der Waals surface area contributed by atoms with Gasteiger partial charge in [0.25, 0.3) is 11.8 Å². The number of piperidine rings is 1. The van der Waals surface area contributed by atoms with Gasteiger partial charge in [-0.3, -0.25) is 19.3 Å². The summed E-state index contributed by atoms with van der Waals surface area (Å²) in [5.41, 5.74) is 7.84. The zero-order chi connectivity index (χ0) is 29.2. The van der Waals surface area contributed by atoms with E-state index in [9.17, 15) is 9.59 Å². The van der Waals surface area contributed by atoms with Crippen molar-refractivity contribution in [3.8, 4) is 11.4 Å². The second kappa shape index (κ2) is 11.7. The number of hydrogen-bond acceptors (Lipinski definition) is 7. The maximum Gasteiger partial charge on any atom is 0.276 e. The number of anilines is 2. The van der Waals surface area contributed by atoms with E-state index in [0.717, 1.165) is 71.4 Å². The van der Waals surface area contributed by atoms with Crippen molar-refractivity contribution in [2.24, 2.45) is 7.05 Å². The number of hydrogen-bond donors (Lipinski definition) is 2. The van der Waals surface area contributed by atoms with Gasteiger partial charge in [-0.1, -0.05) is 32.0 Å². The number of aryl methyl sites for hydroxylation is 4. The number of likely N-dealkylation sites (tertiary alicyclic amines) is 1. The smallest absolute Gasteiger partial charge is 0.276 e. The topological polar surface area (TPSA) is 118 Å². The Bertz CT molecular complexity index is 1600. The van der Waals surface area contributed by atoms with E-state index in [1.165, 1.54) is 0 Å². The molecule has 4 aromatic rings. The van der Waals surface area contributed by atoms with Crippen molar-refractivity contribution in [3.63, 3.8) is 0 Å². The summed E-state index contributed by atoms with van der Waals surface area (Å²) in [4.78, 5) is 41.8. The van der Waals surface area contributed by atoms with Crippen LogP contribution in [0.2, 0.25) is 0 Å². The zero-order valence-electron chi connectivity index (χ0n) is 24.4. The van der Waals surface area contributed by atoms with E-state index in [0.29, 0.717) is 36.7 Å². The largest absolute Gasteiger partial charge is 0.351 e. The number of amides is 2. The molecule has 6 rings (SSSR count). The third-order valence-corrected chi connectivity index (χ3v) is 8.35. The van der Waals surface area contributed by atoms with Crippen LogP contribution in [0.1, 0.15) is 69.8 Å². The molecule has 42 heavy (non-hydrogen) atoms. The molecule has 1 aliphatic heterocycles. The summed E-state index contributed by atoms with van der Waals surface area (Å²) in [5.74, 6) is 0.375. The number of rotatable bonds is 7. The minimum Gasteiger partial charge on any atom is -0.351 e. The summed E-state index contributed by atoms with van der Waals surface area (Å²) in [6.07, 6.45) is 9.88. The SMILES string of the molecule is CCc1cccc(CC)c1NC(=O)c1nn(C)c2c1CCc1cnc(NC3CCN(C(=O)c4cccnc4)CC3)nc1-2. The number of benzene rings is 1. The maximum absolute atomic E-state index is 13.6. The van der Waals surface area contributed by atoms with Gasteiger partial charge in [0.05, 0.1) is 17.0 Å². The van der Waals surface area contributed by atoms with Gasteiger partial charge in [0, 0.05) is 56.0 Å². The van der Waals surface area contributed by atoms with Crippen molar-refractivity contribution in [1.82, 2.24) is 29.6 Å².